The van der Waals surface area contributed by atoms with Gasteiger partial charge in [0, 0.05) is 6.07 Å². The first-order chi connectivity index (χ1) is 15.3. The van der Waals surface area contributed by atoms with Gasteiger partial charge >= 0.3 is 0 Å². The zero-order chi connectivity index (χ0) is 23.3. The number of anilines is 1. The Morgan fingerprint density at radius 2 is 1.78 bits per heavy atom. The highest BCUT2D eigenvalue weighted by Crippen LogP contribution is 2.34. The Kier molecular flexibility index (Phi) is 7.47. The van der Waals surface area contributed by atoms with Gasteiger partial charge in [0.25, 0.3) is 11.1 Å². The van der Waals surface area contributed by atoms with Crippen LogP contribution in [0.25, 0.3) is 6.08 Å². The number of halogens is 2. The summed E-state index contributed by atoms with van der Waals surface area (Å²) >= 11 is 0.687. The Hall–Kier alpha value is -3.40. The van der Waals surface area contributed by atoms with Crippen molar-refractivity contribution in [3.05, 3.63) is 58.5 Å². The molecule has 1 heterocycles. The van der Waals surface area contributed by atoms with Crippen LogP contribution < -0.4 is 14.8 Å². The second-order valence-corrected chi connectivity index (χ2v) is 7.51. The highest BCUT2D eigenvalue weighted by Gasteiger charge is 2.36. The lowest BCUT2D eigenvalue weighted by Crippen LogP contribution is -2.36. The van der Waals surface area contributed by atoms with Crippen LogP contribution >= 0.6 is 11.8 Å². The molecule has 32 heavy (non-hydrogen) atoms. The van der Waals surface area contributed by atoms with Gasteiger partial charge in [0.05, 0.1) is 23.8 Å². The zero-order valence-corrected chi connectivity index (χ0v) is 18.1. The molecule has 0 unspecified atom stereocenters. The maximum atomic E-state index is 13.7. The number of rotatable bonds is 8. The van der Waals surface area contributed by atoms with E-state index < -0.39 is 35.2 Å². The number of carbonyl (C=O) groups excluding carboxylic acids is 3. The van der Waals surface area contributed by atoms with Crippen LogP contribution in [0.15, 0.2) is 41.3 Å². The number of hydrogen-bond acceptors (Lipinski definition) is 6. The van der Waals surface area contributed by atoms with Crippen LogP contribution in [0.1, 0.15) is 19.4 Å². The maximum Gasteiger partial charge on any atom is 0.294 e. The smallest absolute Gasteiger partial charge is 0.294 e. The first kappa shape index (κ1) is 23.3. The molecule has 10 heteroatoms. The fourth-order valence-electron chi connectivity index (χ4n) is 2.87. The molecule has 0 atom stereocenters. The Labute approximate surface area is 187 Å². The van der Waals surface area contributed by atoms with Crippen molar-refractivity contribution in [3.63, 3.8) is 0 Å². The third-order valence-corrected chi connectivity index (χ3v) is 5.15. The number of carbonyl (C=O) groups is 3. The van der Waals surface area contributed by atoms with Gasteiger partial charge in [-0.2, -0.15) is 0 Å². The van der Waals surface area contributed by atoms with E-state index in [1.807, 2.05) is 13.8 Å². The van der Waals surface area contributed by atoms with Crippen LogP contribution in [-0.2, 0) is 9.59 Å². The Morgan fingerprint density at radius 3 is 2.47 bits per heavy atom. The summed E-state index contributed by atoms with van der Waals surface area (Å²) in [7, 11) is 0. The van der Waals surface area contributed by atoms with E-state index in [9.17, 15) is 23.2 Å². The number of imide groups is 1. The molecule has 168 valence electrons. The third kappa shape index (κ3) is 5.44. The number of amides is 3. The Balaban J connectivity index is 1.73. The van der Waals surface area contributed by atoms with Gasteiger partial charge in [-0.1, -0.05) is 6.07 Å². The van der Waals surface area contributed by atoms with Gasteiger partial charge in [0.2, 0.25) is 5.91 Å². The number of hydrogen-bond donors (Lipinski definition) is 1. The molecule has 3 rings (SSSR count). The first-order valence-electron chi connectivity index (χ1n) is 9.72. The second kappa shape index (κ2) is 10.3. The fourth-order valence-corrected chi connectivity index (χ4v) is 3.71. The summed E-state index contributed by atoms with van der Waals surface area (Å²) in [6.07, 6.45) is 1.51. The van der Waals surface area contributed by atoms with Gasteiger partial charge in [-0.25, -0.2) is 8.78 Å². The summed E-state index contributed by atoms with van der Waals surface area (Å²) in [5.74, 6) is -2.14. The predicted molar refractivity (Wildman–Crippen MR) is 116 cm³/mol. The highest BCUT2D eigenvalue weighted by atomic mass is 32.2. The lowest BCUT2D eigenvalue weighted by Gasteiger charge is -2.13. The van der Waals surface area contributed by atoms with Crippen molar-refractivity contribution in [1.82, 2.24) is 4.90 Å². The molecule has 1 saturated heterocycles. The van der Waals surface area contributed by atoms with E-state index in [2.05, 4.69) is 5.32 Å². The van der Waals surface area contributed by atoms with Crippen molar-refractivity contribution >= 4 is 40.6 Å². The standard InChI is InChI=1S/C22H20F2N2O5S/c1-3-30-17-8-5-13(9-18(17)31-4-2)10-19-21(28)26(22(29)32-19)12-20(27)25-16-7-6-14(23)11-15(16)24/h5-11H,3-4,12H2,1-2H3,(H,25,27)/b19-10+. The van der Waals surface area contributed by atoms with Gasteiger partial charge in [-0.05, 0) is 61.5 Å². The molecule has 1 aliphatic heterocycles. The van der Waals surface area contributed by atoms with Crippen molar-refractivity contribution in [1.29, 1.82) is 0 Å². The topological polar surface area (TPSA) is 84.9 Å². The second-order valence-electron chi connectivity index (χ2n) is 6.51. The van der Waals surface area contributed by atoms with Crippen LogP contribution in [0.3, 0.4) is 0 Å². The molecule has 0 saturated carbocycles. The molecule has 0 bridgehead atoms. The van der Waals surface area contributed by atoms with Gasteiger partial charge in [-0.15, -0.1) is 0 Å². The SMILES string of the molecule is CCOc1ccc(/C=C2/SC(=O)N(CC(=O)Nc3ccc(F)cc3F)C2=O)cc1OCC. The molecule has 1 fully saturated rings. The average Bonchev–Trinajstić information content (AvgIpc) is 2.99. The van der Waals surface area contributed by atoms with Crippen molar-refractivity contribution in [2.45, 2.75) is 13.8 Å². The van der Waals surface area contributed by atoms with Gasteiger partial charge in [0.1, 0.15) is 18.2 Å². The normalized spacial score (nSPS) is 14.8. The van der Waals surface area contributed by atoms with Crippen LogP contribution in [0.4, 0.5) is 19.3 Å². The van der Waals surface area contributed by atoms with E-state index in [1.54, 1.807) is 18.2 Å². The van der Waals surface area contributed by atoms with E-state index in [4.69, 9.17) is 9.47 Å². The molecule has 2 aromatic carbocycles. The number of nitrogens with one attached hydrogen (secondary N) is 1. The molecular weight excluding hydrogens is 442 g/mol. The van der Waals surface area contributed by atoms with E-state index in [1.165, 1.54) is 6.08 Å². The lowest BCUT2D eigenvalue weighted by atomic mass is 10.2. The Bertz CT molecular complexity index is 1090. The zero-order valence-electron chi connectivity index (χ0n) is 17.3. The van der Waals surface area contributed by atoms with Crippen LogP contribution in [0.5, 0.6) is 11.5 Å². The number of thioether (sulfide) groups is 1. The quantitative estimate of drug-likeness (QED) is 0.584. The number of benzene rings is 2. The lowest BCUT2D eigenvalue weighted by molar-refractivity contribution is -0.127. The van der Waals surface area contributed by atoms with E-state index in [0.717, 1.165) is 17.0 Å². The summed E-state index contributed by atoms with van der Waals surface area (Å²) in [4.78, 5) is 38.0. The Morgan fingerprint density at radius 1 is 1.06 bits per heavy atom. The van der Waals surface area contributed by atoms with Crippen molar-refractivity contribution in [2.24, 2.45) is 0 Å². The molecule has 1 aliphatic rings. The van der Waals surface area contributed by atoms with Crippen molar-refractivity contribution in [3.8, 4) is 11.5 Å². The predicted octanol–water partition coefficient (Wildman–Crippen LogP) is 4.44. The van der Waals surface area contributed by atoms with Crippen molar-refractivity contribution < 1.29 is 32.6 Å². The molecule has 1 N–H and O–H groups in total. The van der Waals surface area contributed by atoms with Gasteiger partial charge in [-0.3, -0.25) is 19.3 Å². The summed E-state index contributed by atoms with van der Waals surface area (Å²) in [5, 5.41) is 1.59. The molecule has 0 aliphatic carbocycles. The van der Waals surface area contributed by atoms with E-state index in [0.29, 0.717) is 48.1 Å². The minimum atomic E-state index is -0.965. The molecule has 0 spiro atoms. The molecular formula is C22H20F2N2O5S. The molecule has 7 nitrogen and oxygen atoms in total. The summed E-state index contributed by atoms with van der Waals surface area (Å²) in [6, 6.07) is 7.76. The van der Waals surface area contributed by atoms with Crippen LogP contribution in [-0.4, -0.2) is 41.7 Å². The highest BCUT2D eigenvalue weighted by molar-refractivity contribution is 8.18. The van der Waals surface area contributed by atoms with E-state index in [-0.39, 0.29) is 10.6 Å². The van der Waals surface area contributed by atoms with Crippen LogP contribution in [0, 0.1) is 11.6 Å². The fraction of sp³-hybridized carbons (Fsp3) is 0.227. The third-order valence-electron chi connectivity index (χ3n) is 4.25. The molecule has 0 radical (unpaired) electrons. The van der Waals surface area contributed by atoms with Gasteiger partial charge < -0.3 is 14.8 Å². The molecule has 2 aromatic rings. The first-order valence-corrected chi connectivity index (χ1v) is 10.5. The molecule has 0 aromatic heterocycles. The molecule has 3 amide bonds. The number of ether oxygens (including phenoxy) is 2. The monoisotopic (exact) mass is 462 g/mol. The minimum absolute atomic E-state index is 0.127. The summed E-state index contributed by atoms with van der Waals surface area (Å²) in [6.45, 7) is 3.95. The maximum absolute atomic E-state index is 13.7. The van der Waals surface area contributed by atoms with Gasteiger partial charge in [0.15, 0.2) is 11.5 Å². The van der Waals surface area contributed by atoms with Crippen molar-refractivity contribution in [2.75, 3.05) is 25.1 Å². The average molecular weight is 462 g/mol. The van der Waals surface area contributed by atoms with Crippen LogP contribution in [0.2, 0.25) is 0 Å². The number of nitrogens with zero attached hydrogens (tertiary/aromatic N) is 1. The van der Waals surface area contributed by atoms with E-state index >= 15 is 0 Å². The largest absolute Gasteiger partial charge is 0.490 e. The summed E-state index contributed by atoms with van der Waals surface area (Å²) in [5.41, 5.74) is 0.358. The minimum Gasteiger partial charge on any atom is -0.490 e. The summed E-state index contributed by atoms with van der Waals surface area (Å²) < 4.78 is 37.8.